The van der Waals surface area contributed by atoms with Crippen LogP contribution in [0.3, 0.4) is 0 Å². The SMILES string of the molecule is CC(C)NC(=O)[C@@H](C)N(Cc1ccc(F)cc1)C(=O)COc1ccc(C(C)(C)C)cc1. The van der Waals surface area contributed by atoms with Crippen LogP contribution in [0.2, 0.25) is 0 Å². The van der Waals surface area contributed by atoms with Crippen molar-refractivity contribution in [1.82, 2.24) is 10.2 Å². The Labute approximate surface area is 184 Å². The average molecular weight is 429 g/mol. The highest BCUT2D eigenvalue weighted by atomic mass is 19.1. The van der Waals surface area contributed by atoms with Gasteiger partial charge in [-0.1, -0.05) is 45.0 Å². The molecule has 0 unspecified atom stereocenters. The van der Waals surface area contributed by atoms with Crippen molar-refractivity contribution >= 4 is 11.8 Å². The van der Waals surface area contributed by atoms with Crippen molar-refractivity contribution in [2.45, 2.75) is 65.6 Å². The van der Waals surface area contributed by atoms with Gasteiger partial charge in [-0.05, 0) is 61.6 Å². The first kappa shape index (κ1) is 24.4. The molecule has 0 bridgehead atoms. The Kier molecular flexibility index (Phi) is 8.20. The van der Waals surface area contributed by atoms with E-state index in [2.05, 4.69) is 26.1 Å². The monoisotopic (exact) mass is 428 g/mol. The second-order valence-electron chi connectivity index (χ2n) is 9.05. The predicted molar refractivity (Wildman–Crippen MR) is 120 cm³/mol. The molecule has 168 valence electrons. The lowest BCUT2D eigenvalue weighted by molar-refractivity contribution is -0.142. The van der Waals surface area contributed by atoms with Gasteiger partial charge < -0.3 is 15.0 Å². The molecule has 0 saturated heterocycles. The zero-order valence-electron chi connectivity index (χ0n) is 19.2. The number of ether oxygens (including phenoxy) is 1. The highest BCUT2D eigenvalue weighted by molar-refractivity contribution is 5.88. The number of amides is 2. The van der Waals surface area contributed by atoms with Crippen LogP contribution in [0.15, 0.2) is 48.5 Å². The number of nitrogens with one attached hydrogen (secondary N) is 1. The molecule has 0 radical (unpaired) electrons. The molecule has 0 aliphatic heterocycles. The van der Waals surface area contributed by atoms with E-state index >= 15 is 0 Å². The van der Waals surface area contributed by atoms with E-state index in [1.54, 1.807) is 19.1 Å². The molecule has 2 rings (SSSR count). The normalized spacial score (nSPS) is 12.4. The van der Waals surface area contributed by atoms with Gasteiger partial charge in [0.25, 0.3) is 5.91 Å². The molecule has 0 aliphatic rings. The van der Waals surface area contributed by atoms with Crippen LogP contribution in [0, 0.1) is 5.82 Å². The lowest BCUT2D eigenvalue weighted by atomic mass is 9.87. The molecule has 0 aliphatic carbocycles. The summed E-state index contributed by atoms with van der Waals surface area (Å²) in [7, 11) is 0. The van der Waals surface area contributed by atoms with Gasteiger partial charge in [-0.25, -0.2) is 4.39 Å². The Morgan fingerprint density at radius 2 is 1.58 bits per heavy atom. The molecule has 2 amide bonds. The number of hydrogen-bond donors (Lipinski definition) is 1. The lowest BCUT2D eigenvalue weighted by Gasteiger charge is -2.29. The van der Waals surface area contributed by atoms with Crippen molar-refractivity contribution in [2.75, 3.05) is 6.61 Å². The first-order chi connectivity index (χ1) is 14.5. The number of halogens is 1. The van der Waals surface area contributed by atoms with Crippen molar-refractivity contribution in [1.29, 1.82) is 0 Å². The highest BCUT2D eigenvalue weighted by Crippen LogP contribution is 2.24. The lowest BCUT2D eigenvalue weighted by Crippen LogP contribution is -2.50. The van der Waals surface area contributed by atoms with E-state index in [1.165, 1.54) is 22.6 Å². The molecule has 0 fully saturated rings. The third kappa shape index (κ3) is 7.39. The van der Waals surface area contributed by atoms with E-state index in [4.69, 9.17) is 4.74 Å². The molecule has 6 heteroatoms. The molecule has 1 N–H and O–H groups in total. The van der Waals surface area contributed by atoms with E-state index in [9.17, 15) is 14.0 Å². The summed E-state index contributed by atoms with van der Waals surface area (Å²) in [4.78, 5) is 27.0. The second kappa shape index (κ2) is 10.4. The van der Waals surface area contributed by atoms with Gasteiger partial charge in [0.15, 0.2) is 6.61 Å². The van der Waals surface area contributed by atoms with E-state index in [-0.39, 0.29) is 42.2 Å². The van der Waals surface area contributed by atoms with Gasteiger partial charge in [0.2, 0.25) is 5.91 Å². The summed E-state index contributed by atoms with van der Waals surface area (Å²) >= 11 is 0. The zero-order valence-corrected chi connectivity index (χ0v) is 19.2. The molecule has 1 atom stereocenters. The molecule has 0 aromatic heterocycles. The van der Waals surface area contributed by atoms with E-state index in [1.807, 2.05) is 38.1 Å². The Bertz CT molecular complexity index is 871. The van der Waals surface area contributed by atoms with E-state index in [0.29, 0.717) is 5.75 Å². The number of carbonyl (C=O) groups excluding carboxylic acids is 2. The predicted octanol–water partition coefficient (Wildman–Crippen LogP) is 4.44. The molecule has 5 nitrogen and oxygen atoms in total. The summed E-state index contributed by atoms with van der Waals surface area (Å²) < 4.78 is 19.0. The molecule has 0 saturated carbocycles. The van der Waals surface area contributed by atoms with Gasteiger partial charge >= 0.3 is 0 Å². The molecule has 2 aromatic carbocycles. The van der Waals surface area contributed by atoms with Crippen molar-refractivity contribution in [3.05, 3.63) is 65.5 Å². The van der Waals surface area contributed by atoms with Crippen molar-refractivity contribution in [3.63, 3.8) is 0 Å². The smallest absolute Gasteiger partial charge is 0.261 e. The fraction of sp³-hybridized carbons (Fsp3) is 0.440. The maximum absolute atomic E-state index is 13.3. The minimum absolute atomic E-state index is 0.0273. The number of benzene rings is 2. The molecule has 31 heavy (non-hydrogen) atoms. The van der Waals surface area contributed by atoms with Gasteiger partial charge in [-0.2, -0.15) is 0 Å². The van der Waals surface area contributed by atoms with Crippen LogP contribution >= 0.6 is 0 Å². The first-order valence-corrected chi connectivity index (χ1v) is 10.5. The van der Waals surface area contributed by atoms with Crippen LogP contribution in [-0.2, 0) is 21.5 Å². The van der Waals surface area contributed by atoms with Crippen LogP contribution in [-0.4, -0.2) is 35.4 Å². The maximum atomic E-state index is 13.3. The molecule has 0 heterocycles. The largest absolute Gasteiger partial charge is 0.484 e. The minimum atomic E-state index is -0.702. The standard InChI is InChI=1S/C25H33FN2O3/c1-17(2)27-24(30)18(3)28(15-19-7-11-21(26)12-8-19)23(29)16-31-22-13-9-20(10-14-22)25(4,5)6/h7-14,17-18H,15-16H2,1-6H3,(H,27,30)/t18-/m1/s1. The summed E-state index contributed by atoms with van der Waals surface area (Å²) in [5.41, 5.74) is 1.93. The van der Waals surface area contributed by atoms with Crippen LogP contribution in [0.5, 0.6) is 5.75 Å². The maximum Gasteiger partial charge on any atom is 0.261 e. The first-order valence-electron chi connectivity index (χ1n) is 10.5. The van der Waals surface area contributed by atoms with Crippen molar-refractivity contribution in [2.24, 2.45) is 0 Å². The summed E-state index contributed by atoms with van der Waals surface area (Å²) in [5.74, 6) is -0.341. The Hall–Kier alpha value is -2.89. The highest BCUT2D eigenvalue weighted by Gasteiger charge is 2.27. The summed E-state index contributed by atoms with van der Waals surface area (Å²) in [6.07, 6.45) is 0. The Morgan fingerprint density at radius 1 is 1.00 bits per heavy atom. The average Bonchev–Trinajstić information content (AvgIpc) is 2.70. The summed E-state index contributed by atoms with van der Waals surface area (Å²) in [6, 6.07) is 12.8. The Balaban J connectivity index is 2.12. The number of hydrogen-bond acceptors (Lipinski definition) is 3. The minimum Gasteiger partial charge on any atom is -0.484 e. The fourth-order valence-corrected chi connectivity index (χ4v) is 3.05. The summed E-state index contributed by atoms with van der Waals surface area (Å²) in [6.45, 7) is 11.8. The van der Waals surface area contributed by atoms with Gasteiger partial charge in [-0.3, -0.25) is 9.59 Å². The van der Waals surface area contributed by atoms with Crippen LogP contribution in [0.4, 0.5) is 4.39 Å². The fourth-order valence-electron chi connectivity index (χ4n) is 3.05. The second-order valence-corrected chi connectivity index (χ2v) is 9.05. The molecule has 2 aromatic rings. The van der Waals surface area contributed by atoms with E-state index < -0.39 is 6.04 Å². The third-order valence-corrected chi connectivity index (χ3v) is 4.95. The topological polar surface area (TPSA) is 58.6 Å². The Morgan fingerprint density at radius 3 is 2.10 bits per heavy atom. The van der Waals surface area contributed by atoms with Crippen molar-refractivity contribution in [3.8, 4) is 5.75 Å². The van der Waals surface area contributed by atoms with Gasteiger partial charge in [0.1, 0.15) is 17.6 Å². The van der Waals surface area contributed by atoms with Gasteiger partial charge in [0, 0.05) is 12.6 Å². The quantitative estimate of drug-likeness (QED) is 0.676. The van der Waals surface area contributed by atoms with Gasteiger partial charge in [-0.15, -0.1) is 0 Å². The van der Waals surface area contributed by atoms with E-state index in [0.717, 1.165) is 5.56 Å². The number of nitrogens with zero attached hydrogens (tertiary/aromatic N) is 1. The number of rotatable bonds is 8. The summed E-state index contributed by atoms with van der Waals surface area (Å²) in [5, 5.41) is 2.83. The van der Waals surface area contributed by atoms with Crippen LogP contribution < -0.4 is 10.1 Å². The molecule has 0 spiro atoms. The zero-order chi connectivity index (χ0) is 23.2. The molecular formula is C25H33FN2O3. The number of carbonyl (C=O) groups is 2. The van der Waals surface area contributed by atoms with Crippen molar-refractivity contribution < 1.29 is 18.7 Å². The van der Waals surface area contributed by atoms with Crippen LogP contribution in [0.25, 0.3) is 0 Å². The molecular weight excluding hydrogens is 395 g/mol. The van der Waals surface area contributed by atoms with Crippen LogP contribution in [0.1, 0.15) is 52.7 Å². The van der Waals surface area contributed by atoms with Gasteiger partial charge in [0.05, 0.1) is 0 Å². The third-order valence-electron chi connectivity index (χ3n) is 4.95.